The van der Waals surface area contributed by atoms with Gasteiger partial charge in [-0.05, 0) is 12.5 Å². The number of hydrogen-bond acceptors (Lipinski definition) is 3. The molecule has 2 heterocycles. The Labute approximate surface area is 77.3 Å². The quantitative estimate of drug-likeness (QED) is 0.574. The molecule has 0 atom stereocenters. The summed E-state index contributed by atoms with van der Waals surface area (Å²) in [6, 6.07) is 0. The van der Waals surface area contributed by atoms with Gasteiger partial charge < -0.3 is 10.2 Å². The SMILES string of the molecule is CC(=O)N1CC2=C(C1)NC(C)=NC2. The van der Waals surface area contributed by atoms with E-state index in [1.54, 1.807) is 6.92 Å². The van der Waals surface area contributed by atoms with Crippen LogP contribution in [0.4, 0.5) is 0 Å². The van der Waals surface area contributed by atoms with Crippen molar-refractivity contribution in [1.82, 2.24) is 10.2 Å². The number of carbonyl (C=O) groups is 1. The minimum Gasteiger partial charge on any atom is -0.346 e. The average molecular weight is 179 g/mol. The summed E-state index contributed by atoms with van der Waals surface area (Å²) >= 11 is 0. The first-order chi connectivity index (χ1) is 6.16. The predicted octanol–water partition coefficient (Wildman–Crippen LogP) is 0.124. The molecule has 1 amide bonds. The van der Waals surface area contributed by atoms with Crippen LogP contribution in [0.15, 0.2) is 16.3 Å². The monoisotopic (exact) mass is 179 g/mol. The summed E-state index contributed by atoms with van der Waals surface area (Å²) in [5.41, 5.74) is 2.42. The van der Waals surface area contributed by atoms with Gasteiger partial charge in [0.15, 0.2) is 0 Å². The number of amides is 1. The molecule has 0 spiro atoms. The van der Waals surface area contributed by atoms with E-state index in [9.17, 15) is 4.79 Å². The van der Waals surface area contributed by atoms with Crippen molar-refractivity contribution in [2.75, 3.05) is 19.6 Å². The first kappa shape index (κ1) is 8.29. The largest absolute Gasteiger partial charge is 0.346 e. The zero-order valence-corrected chi connectivity index (χ0v) is 7.92. The maximum absolute atomic E-state index is 11.1. The van der Waals surface area contributed by atoms with Crippen LogP contribution in [-0.2, 0) is 4.79 Å². The summed E-state index contributed by atoms with van der Waals surface area (Å²) in [5.74, 6) is 1.08. The second-order valence-corrected chi connectivity index (χ2v) is 3.48. The van der Waals surface area contributed by atoms with E-state index in [-0.39, 0.29) is 5.91 Å². The normalized spacial score (nSPS) is 21.1. The molecular formula is C9H13N3O. The third-order valence-corrected chi connectivity index (χ3v) is 2.44. The molecule has 0 fully saturated rings. The lowest BCUT2D eigenvalue weighted by molar-refractivity contribution is -0.127. The van der Waals surface area contributed by atoms with Crippen LogP contribution in [-0.4, -0.2) is 36.3 Å². The molecule has 0 saturated heterocycles. The highest BCUT2D eigenvalue weighted by Gasteiger charge is 2.25. The van der Waals surface area contributed by atoms with Crippen molar-refractivity contribution >= 4 is 11.7 Å². The molecule has 0 aromatic rings. The van der Waals surface area contributed by atoms with Crippen molar-refractivity contribution in [2.45, 2.75) is 13.8 Å². The third-order valence-electron chi connectivity index (χ3n) is 2.44. The molecule has 0 bridgehead atoms. The van der Waals surface area contributed by atoms with Gasteiger partial charge in [0, 0.05) is 19.2 Å². The molecule has 2 aliphatic heterocycles. The number of aliphatic imine (C=N–C) groups is 1. The third kappa shape index (κ3) is 1.43. The summed E-state index contributed by atoms with van der Waals surface area (Å²) in [5, 5.41) is 3.20. The number of carbonyl (C=O) groups excluding carboxylic acids is 1. The van der Waals surface area contributed by atoms with Crippen molar-refractivity contribution in [2.24, 2.45) is 4.99 Å². The molecule has 70 valence electrons. The van der Waals surface area contributed by atoms with Gasteiger partial charge in [0.05, 0.1) is 18.9 Å². The van der Waals surface area contributed by atoms with Gasteiger partial charge in [-0.2, -0.15) is 0 Å². The van der Waals surface area contributed by atoms with Crippen molar-refractivity contribution in [3.05, 3.63) is 11.3 Å². The number of amidine groups is 1. The summed E-state index contributed by atoms with van der Waals surface area (Å²) in [7, 11) is 0. The molecule has 0 unspecified atom stereocenters. The zero-order valence-electron chi connectivity index (χ0n) is 7.92. The van der Waals surface area contributed by atoms with Crippen LogP contribution in [0.2, 0.25) is 0 Å². The van der Waals surface area contributed by atoms with E-state index in [1.807, 2.05) is 11.8 Å². The fraction of sp³-hybridized carbons (Fsp3) is 0.556. The Morgan fingerprint density at radius 1 is 1.54 bits per heavy atom. The number of nitrogens with zero attached hydrogens (tertiary/aromatic N) is 2. The lowest BCUT2D eigenvalue weighted by atomic mass is 10.2. The minimum absolute atomic E-state index is 0.133. The molecule has 0 aromatic heterocycles. The van der Waals surface area contributed by atoms with Gasteiger partial charge in [0.2, 0.25) is 5.91 Å². The highest BCUT2D eigenvalue weighted by atomic mass is 16.2. The Morgan fingerprint density at radius 2 is 2.31 bits per heavy atom. The summed E-state index contributed by atoms with van der Waals surface area (Å²) in [6.07, 6.45) is 0. The fourth-order valence-electron chi connectivity index (χ4n) is 1.65. The molecule has 4 nitrogen and oxygen atoms in total. The second-order valence-electron chi connectivity index (χ2n) is 3.48. The van der Waals surface area contributed by atoms with Gasteiger partial charge in [0.1, 0.15) is 0 Å². The van der Waals surface area contributed by atoms with E-state index in [0.29, 0.717) is 0 Å². The van der Waals surface area contributed by atoms with Crippen LogP contribution >= 0.6 is 0 Å². The first-order valence-electron chi connectivity index (χ1n) is 4.41. The molecule has 2 aliphatic rings. The van der Waals surface area contributed by atoms with Crippen LogP contribution in [0, 0.1) is 0 Å². The standard InChI is InChI=1S/C9H13N3O/c1-6-10-3-8-4-12(7(2)13)5-9(8)11-6/h3-5H2,1-2H3,(H,10,11). The van der Waals surface area contributed by atoms with Gasteiger partial charge in [0.25, 0.3) is 0 Å². The van der Waals surface area contributed by atoms with Crippen molar-refractivity contribution in [3.8, 4) is 0 Å². The van der Waals surface area contributed by atoms with E-state index in [4.69, 9.17) is 0 Å². The Hall–Kier alpha value is -1.32. The Balaban J connectivity index is 2.08. The summed E-state index contributed by atoms with van der Waals surface area (Å²) < 4.78 is 0. The van der Waals surface area contributed by atoms with E-state index >= 15 is 0 Å². The van der Waals surface area contributed by atoms with Gasteiger partial charge in [-0.1, -0.05) is 0 Å². The van der Waals surface area contributed by atoms with Crippen molar-refractivity contribution < 1.29 is 4.79 Å². The molecule has 13 heavy (non-hydrogen) atoms. The van der Waals surface area contributed by atoms with Gasteiger partial charge in [-0.25, -0.2) is 0 Å². The van der Waals surface area contributed by atoms with E-state index in [2.05, 4.69) is 10.3 Å². The van der Waals surface area contributed by atoms with E-state index in [0.717, 1.165) is 25.5 Å². The number of hydrogen-bond donors (Lipinski definition) is 1. The molecule has 0 saturated carbocycles. The molecule has 0 aromatic carbocycles. The average Bonchev–Trinajstić information content (AvgIpc) is 2.46. The van der Waals surface area contributed by atoms with Crippen LogP contribution in [0.3, 0.4) is 0 Å². The zero-order chi connectivity index (χ0) is 9.42. The maximum atomic E-state index is 11.1. The van der Waals surface area contributed by atoms with Crippen molar-refractivity contribution in [1.29, 1.82) is 0 Å². The van der Waals surface area contributed by atoms with Crippen LogP contribution in [0.5, 0.6) is 0 Å². The fourth-order valence-corrected chi connectivity index (χ4v) is 1.65. The molecular weight excluding hydrogens is 166 g/mol. The van der Waals surface area contributed by atoms with Crippen LogP contribution in [0.25, 0.3) is 0 Å². The van der Waals surface area contributed by atoms with E-state index < -0.39 is 0 Å². The molecule has 1 N–H and O–H groups in total. The van der Waals surface area contributed by atoms with Crippen LogP contribution in [0.1, 0.15) is 13.8 Å². The number of nitrogens with one attached hydrogen (secondary N) is 1. The Bertz CT molecular complexity index is 317. The lowest BCUT2D eigenvalue weighted by Crippen LogP contribution is -2.29. The molecule has 0 radical (unpaired) electrons. The Morgan fingerprint density at radius 3 is 3.00 bits per heavy atom. The van der Waals surface area contributed by atoms with Gasteiger partial charge >= 0.3 is 0 Å². The van der Waals surface area contributed by atoms with Crippen LogP contribution < -0.4 is 5.32 Å². The maximum Gasteiger partial charge on any atom is 0.220 e. The molecule has 4 heteroatoms. The second kappa shape index (κ2) is 2.87. The van der Waals surface area contributed by atoms with Gasteiger partial charge in [-0.15, -0.1) is 0 Å². The van der Waals surface area contributed by atoms with Gasteiger partial charge in [-0.3, -0.25) is 9.79 Å². The Kier molecular flexibility index (Phi) is 1.83. The first-order valence-corrected chi connectivity index (χ1v) is 4.41. The number of rotatable bonds is 0. The molecule has 2 rings (SSSR count). The van der Waals surface area contributed by atoms with E-state index in [1.165, 1.54) is 11.3 Å². The predicted molar refractivity (Wildman–Crippen MR) is 50.4 cm³/mol. The highest BCUT2D eigenvalue weighted by molar-refractivity contribution is 5.83. The van der Waals surface area contributed by atoms with Crippen molar-refractivity contribution in [3.63, 3.8) is 0 Å². The summed E-state index contributed by atoms with van der Waals surface area (Å²) in [4.78, 5) is 17.2. The molecule has 0 aliphatic carbocycles. The topological polar surface area (TPSA) is 44.7 Å². The summed E-state index contributed by atoms with van der Waals surface area (Å²) in [6.45, 7) is 5.76. The highest BCUT2D eigenvalue weighted by Crippen LogP contribution is 2.18. The smallest absolute Gasteiger partial charge is 0.220 e. The lowest BCUT2D eigenvalue weighted by Gasteiger charge is -2.13. The minimum atomic E-state index is 0.133.